The van der Waals surface area contributed by atoms with Gasteiger partial charge in [-0.15, -0.1) is 0 Å². The van der Waals surface area contributed by atoms with E-state index < -0.39 is 10.0 Å². The molecule has 4 rings (SSSR count). The topological polar surface area (TPSA) is 76.3 Å². The zero-order valence-corrected chi connectivity index (χ0v) is 19.3. The maximum Gasteiger partial charge on any atom is 0.243 e. The Kier molecular flexibility index (Phi) is 5.75. The van der Waals surface area contributed by atoms with Crippen LogP contribution in [0.15, 0.2) is 57.9 Å². The normalized spacial score (nSPS) is 18.3. The lowest BCUT2D eigenvalue weighted by atomic mass is 9.87. The third-order valence-electron chi connectivity index (χ3n) is 5.84. The highest BCUT2D eigenvalue weighted by atomic mass is 32.2. The molecule has 0 saturated carbocycles. The van der Waals surface area contributed by atoms with Gasteiger partial charge in [0.25, 0.3) is 0 Å². The molecule has 0 radical (unpaired) electrons. The van der Waals surface area contributed by atoms with Crippen LogP contribution in [0.5, 0.6) is 0 Å². The van der Waals surface area contributed by atoms with E-state index in [1.165, 1.54) is 0 Å². The van der Waals surface area contributed by atoms with Crippen molar-refractivity contribution in [3.8, 4) is 11.4 Å². The van der Waals surface area contributed by atoms with Gasteiger partial charge in [0.2, 0.25) is 21.7 Å². The lowest BCUT2D eigenvalue weighted by Crippen LogP contribution is -2.39. The van der Waals surface area contributed by atoms with Crippen LogP contribution in [0, 0.1) is 6.92 Å². The molecule has 3 aromatic rings. The molecule has 7 heteroatoms. The van der Waals surface area contributed by atoms with Gasteiger partial charge in [0, 0.05) is 18.7 Å². The monoisotopic (exact) mass is 439 g/mol. The maximum absolute atomic E-state index is 13.2. The number of nitrogens with zero attached hydrogens (tertiary/aromatic N) is 3. The number of hydrogen-bond donors (Lipinski definition) is 0. The Morgan fingerprint density at radius 3 is 2.35 bits per heavy atom. The average Bonchev–Trinajstić information content (AvgIpc) is 3.24. The summed E-state index contributed by atoms with van der Waals surface area (Å²) in [5, 5.41) is 4.12. The fraction of sp³-hybridized carbons (Fsp3) is 0.417. The first-order valence-electron chi connectivity index (χ1n) is 10.7. The van der Waals surface area contributed by atoms with Gasteiger partial charge < -0.3 is 4.52 Å². The molecule has 6 nitrogen and oxygen atoms in total. The highest BCUT2D eigenvalue weighted by Crippen LogP contribution is 2.31. The molecule has 0 aliphatic carbocycles. The number of rotatable bonds is 4. The van der Waals surface area contributed by atoms with Crippen LogP contribution in [0.2, 0.25) is 0 Å². The summed E-state index contributed by atoms with van der Waals surface area (Å²) in [6.07, 6.45) is 1.58. The van der Waals surface area contributed by atoms with E-state index in [9.17, 15) is 8.42 Å². The predicted molar refractivity (Wildman–Crippen MR) is 120 cm³/mol. The van der Waals surface area contributed by atoms with E-state index >= 15 is 0 Å². The van der Waals surface area contributed by atoms with Crippen LogP contribution >= 0.6 is 0 Å². The molecule has 1 aromatic heterocycles. The third-order valence-corrected chi connectivity index (χ3v) is 7.72. The van der Waals surface area contributed by atoms with Crippen molar-refractivity contribution < 1.29 is 12.9 Å². The van der Waals surface area contributed by atoms with Crippen LogP contribution in [-0.2, 0) is 15.4 Å². The average molecular weight is 440 g/mol. The summed E-state index contributed by atoms with van der Waals surface area (Å²) in [5.41, 5.74) is 3.14. The molecule has 164 valence electrons. The van der Waals surface area contributed by atoms with Crippen LogP contribution in [0.1, 0.15) is 56.5 Å². The van der Waals surface area contributed by atoms with E-state index in [0.29, 0.717) is 29.7 Å². The third kappa shape index (κ3) is 4.57. The molecule has 1 fully saturated rings. The lowest BCUT2D eigenvalue weighted by molar-refractivity contribution is 0.265. The minimum absolute atomic E-state index is 0.0222. The molecule has 1 saturated heterocycles. The van der Waals surface area contributed by atoms with Gasteiger partial charge in [-0.05, 0) is 42.9 Å². The molecule has 2 heterocycles. The van der Waals surface area contributed by atoms with Crippen molar-refractivity contribution in [3.05, 3.63) is 65.5 Å². The quantitative estimate of drug-likeness (QED) is 0.577. The van der Waals surface area contributed by atoms with E-state index in [1.54, 1.807) is 16.4 Å². The van der Waals surface area contributed by atoms with Crippen molar-refractivity contribution in [1.29, 1.82) is 0 Å². The Balaban J connectivity index is 1.52. The molecule has 0 N–H and O–H groups in total. The molecule has 1 atom stereocenters. The number of sulfonamides is 1. The summed E-state index contributed by atoms with van der Waals surface area (Å²) in [4.78, 5) is 4.89. The number of benzene rings is 2. The highest BCUT2D eigenvalue weighted by Gasteiger charge is 2.33. The van der Waals surface area contributed by atoms with Crippen molar-refractivity contribution in [2.75, 3.05) is 13.1 Å². The Hall–Kier alpha value is -2.51. The summed E-state index contributed by atoms with van der Waals surface area (Å²) in [7, 11) is -3.57. The molecule has 0 unspecified atom stereocenters. The number of piperidine rings is 1. The standard InChI is InChI=1S/C24H29N3O3S/c1-17-7-9-18(10-8-17)22-25-23(30-26-22)19-6-5-15-27(16-19)31(28,29)21-13-11-20(12-14-21)24(2,3)4/h7-14,19H,5-6,15-16H2,1-4H3/t19-/m0/s1. The van der Waals surface area contributed by atoms with Gasteiger partial charge in [0.15, 0.2) is 0 Å². The summed E-state index contributed by atoms with van der Waals surface area (Å²) < 4.78 is 33.6. The molecule has 0 bridgehead atoms. The molecule has 0 amide bonds. The smallest absolute Gasteiger partial charge is 0.243 e. The van der Waals surface area contributed by atoms with Crippen molar-refractivity contribution in [3.63, 3.8) is 0 Å². The van der Waals surface area contributed by atoms with Crippen molar-refractivity contribution in [2.45, 2.75) is 56.8 Å². The summed E-state index contributed by atoms with van der Waals surface area (Å²) in [6.45, 7) is 9.21. The van der Waals surface area contributed by atoms with E-state index in [4.69, 9.17) is 4.52 Å². The van der Waals surface area contributed by atoms with E-state index in [1.807, 2.05) is 43.3 Å². The fourth-order valence-corrected chi connectivity index (χ4v) is 5.38. The second kappa shape index (κ2) is 8.20. The van der Waals surface area contributed by atoms with Crippen LogP contribution < -0.4 is 0 Å². The van der Waals surface area contributed by atoms with E-state index in [2.05, 4.69) is 30.9 Å². The Labute approximate surface area is 184 Å². The molecule has 2 aromatic carbocycles. The minimum Gasteiger partial charge on any atom is -0.339 e. The number of aryl methyl sites for hydroxylation is 1. The van der Waals surface area contributed by atoms with Gasteiger partial charge in [-0.1, -0.05) is 67.9 Å². The second-order valence-electron chi connectivity index (χ2n) is 9.30. The Morgan fingerprint density at radius 2 is 1.71 bits per heavy atom. The molecule has 1 aliphatic rings. The summed E-state index contributed by atoms with van der Waals surface area (Å²) in [5.74, 6) is 0.926. The van der Waals surface area contributed by atoms with Crippen LogP contribution in [-0.4, -0.2) is 36.0 Å². The van der Waals surface area contributed by atoms with E-state index in [0.717, 1.165) is 29.5 Å². The Morgan fingerprint density at radius 1 is 1.03 bits per heavy atom. The zero-order valence-electron chi connectivity index (χ0n) is 18.5. The van der Waals surface area contributed by atoms with Crippen LogP contribution in [0.3, 0.4) is 0 Å². The van der Waals surface area contributed by atoms with Gasteiger partial charge in [0.05, 0.1) is 10.8 Å². The number of hydrogen-bond acceptors (Lipinski definition) is 5. The van der Waals surface area contributed by atoms with Crippen molar-refractivity contribution in [2.24, 2.45) is 0 Å². The number of aromatic nitrogens is 2. The summed E-state index contributed by atoms with van der Waals surface area (Å²) in [6, 6.07) is 15.2. The van der Waals surface area contributed by atoms with Gasteiger partial charge in [-0.2, -0.15) is 9.29 Å². The van der Waals surface area contributed by atoms with Crippen molar-refractivity contribution in [1.82, 2.24) is 14.4 Å². The first kappa shape index (κ1) is 21.7. The minimum atomic E-state index is -3.57. The molecular formula is C24H29N3O3S. The molecule has 31 heavy (non-hydrogen) atoms. The predicted octanol–water partition coefficient (Wildman–Crippen LogP) is 4.91. The maximum atomic E-state index is 13.2. The first-order valence-corrected chi connectivity index (χ1v) is 12.1. The first-order chi connectivity index (χ1) is 14.6. The van der Waals surface area contributed by atoms with Crippen LogP contribution in [0.25, 0.3) is 11.4 Å². The highest BCUT2D eigenvalue weighted by molar-refractivity contribution is 7.89. The van der Waals surface area contributed by atoms with Gasteiger partial charge in [-0.25, -0.2) is 8.42 Å². The zero-order chi connectivity index (χ0) is 22.2. The van der Waals surface area contributed by atoms with Gasteiger partial charge >= 0.3 is 0 Å². The lowest BCUT2D eigenvalue weighted by Gasteiger charge is -2.30. The van der Waals surface area contributed by atoms with Crippen LogP contribution in [0.4, 0.5) is 0 Å². The molecule has 0 spiro atoms. The summed E-state index contributed by atoms with van der Waals surface area (Å²) >= 11 is 0. The molecular weight excluding hydrogens is 410 g/mol. The van der Waals surface area contributed by atoms with Gasteiger partial charge in [-0.3, -0.25) is 0 Å². The van der Waals surface area contributed by atoms with Crippen molar-refractivity contribution >= 4 is 10.0 Å². The Bertz CT molecular complexity index is 1140. The second-order valence-corrected chi connectivity index (χ2v) is 11.2. The fourth-order valence-electron chi connectivity index (χ4n) is 3.86. The SMILES string of the molecule is Cc1ccc(-c2noc([C@H]3CCCN(S(=O)(=O)c4ccc(C(C)(C)C)cc4)C3)n2)cc1. The largest absolute Gasteiger partial charge is 0.339 e. The van der Waals surface area contributed by atoms with Gasteiger partial charge in [0.1, 0.15) is 0 Å². The van der Waals surface area contributed by atoms with E-state index in [-0.39, 0.29) is 11.3 Å². The molecule has 1 aliphatic heterocycles.